The van der Waals surface area contributed by atoms with Gasteiger partial charge in [0.15, 0.2) is 5.41 Å². The van der Waals surface area contributed by atoms with Gasteiger partial charge >= 0.3 is 12.1 Å². The first-order chi connectivity index (χ1) is 8.82. The monoisotopic (exact) mass is 277 g/mol. The van der Waals surface area contributed by atoms with E-state index >= 15 is 0 Å². The second-order valence-corrected chi connectivity index (χ2v) is 4.57. The zero-order chi connectivity index (χ0) is 14.3. The fourth-order valence-electron chi connectivity index (χ4n) is 2.34. The van der Waals surface area contributed by atoms with Gasteiger partial charge in [-0.2, -0.15) is 13.2 Å². The smallest absolute Gasteiger partial charge is 0.406 e. The SMILES string of the molecule is CCn1ccnc1N1CCC(C(=O)O)(C(F)(F)F)C1. The van der Waals surface area contributed by atoms with Crippen LogP contribution in [0.3, 0.4) is 0 Å². The van der Waals surface area contributed by atoms with E-state index in [1.807, 2.05) is 6.92 Å². The van der Waals surface area contributed by atoms with Gasteiger partial charge in [-0.15, -0.1) is 0 Å². The first-order valence-corrected chi connectivity index (χ1v) is 5.88. The predicted octanol–water partition coefficient (Wildman–Crippen LogP) is 1.75. The Labute approximate surface area is 107 Å². The molecule has 0 aromatic carbocycles. The lowest BCUT2D eigenvalue weighted by Crippen LogP contribution is -2.47. The second-order valence-electron chi connectivity index (χ2n) is 4.57. The molecular weight excluding hydrogens is 263 g/mol. The highest BCUT2D eigenvalue weighted by Gasteiger charge is 2.64. The molecule has 0 amide bonds. The molecule has 0 radical (unpaired) electrons. The van der Waals surface area contributed by atoms with Gasteiger partial charge in [-0.1, -0.05) is 0 Å². The first-order valence-electron chi connectivity index (χ1n) is 5.88. The molecule has 0 bridgehead atoms. The van der Waals surface area contributed by atoms with Crippen LogP contribution < -0.4 is 4.90 Å². The van der Waals surface area contributed by atoms with E-state index in [9.17, 15) is 18.0 Å². The van der Waals surface area contributed by atoms with Crippen LogP contribution in [0.5, 0.6) is 0 Å². The molecule has 5 nitrogen and oxygen atoms in total. The molecule has 1 N–H and O–H groups in total. The molecule has 19 heavy (non-hydrogen) atoms. The summed E-state index contributed by atoms with van der Waals surface area (Å²) in [5.74, 6) is -1.44. The van der Waals surface area contributed by atoms with Crippen molar-refractivity contribution in [2.45, 2.75) is 26.1 Å². The Morgan fingerprint density at radius 2 is 2.26 bits per heavy atom. The Morgan fingerprint density at radius 3 is 2.74 bits per heavy atom. The molecule has 8 heteroatoms. The molecule has 1 unspecified atom stereocenters. The summed E-state index contributed by atoms with van der Waals surface area (Å²) in [5, 5.41) is 8.97. The van der Waals surface area contributed by atoms with Crippen LogP contribution in [0.15, 0.2) is 12.4 Å². The van der Waals surface area contributed by atoms with Crippen molar-refractivity contribution < 1.29 is 23.1 Å². The van der Waals surface area contributed by atoms with E-state index in [1.54, 1.807) is 10.8 Å². The number of alkyl halides is 3. The zero-order valence-electron chi connectivity index (χ0n) is 10.3. The Bertz CT molecular complexity index is 486. The molecule has 2 heterocycles. The fraction of sp³-hybridized carbons (Fsp3) is 0.636. The maximum atomic E-state index is 13.0. The number of nitrogens with zero attached hydrogens (tertiary/aromatic N) is 3. The van der Waals surface area contributed by atoms with Gasteiger partial charge in [0.05, 0.1) is 0 Å². The molecule has 1 aliphatic rings. The lowest BCUT2D eigenvalue weighted by Gasteiger charge is -2.27. The number of carboxylic acids is 1. The largest absolute Gasteiger partial charge is 0.481 e. The van der Waals surface area contributed by atoms with Crippen molar-refractivity contribution in [3.8, 4) is 0 Å². The molecule has 1 aromatic rings. The lowest BCUT2D eigenvalue weighted by atomic mass is 9.86. The molecule has 1 aromatic heterocycles. The van der Waals surface area contributed by atoms with Crippen molar-refractivity contribution in [1.82, 2.24) is 9.55 Å². The van der Waals surface area contributed by atoms with E-state index in [4.69, 9.17) is 5.11 Å². The average Bonchev–Trinajstić information content (AvgIpc) is 2.94. The summed E-state index contributed by atoms with van der Waals surface area (Å²) < 4.78 is 40.8. The molecule has 1 saturated heterocycles. The van der Waals surface area contributed by atoms with Gasteiger partial charge in [0.25, 0.3) is 0 Å². The third-order valence-electron chi connectivity index (χ3n) is 3.54. The molecule has 106 valence electrons. The van der Waals surface area contributed by atoms with Gasteiger partial charge in [-0.25, -0.2) is 4.98 Å². The summed E-state index contributed by atoms with van der Waals surface area (Å²) in [6.45, 7) is 1.85. The molecule has 1 aliphatic heterocycles. The van der Waals surface area contributed by atoms with Gasteiger partial charge in [0, 0.05) is 32.0 Å². The van der Waals surface area contributed by atoms with Gasteiger partial charge in [-0.05, 0) is 13.3 Å². The zero-order valence-corrected chi connectivity index (χ0v) is 10.3. The minimum absolute atomic E-state index is 0.0306. The average molecular weight is 277 g/mol. The lowest BCUT2D eigenvalue weighted by molar-refractivity contribution is -0.225. The summed E-state index contributed by atoms with van der Waals surface area (Å²) in [7, 11) is 0. The van der Waals surface area contributed by atoms with Crippen molar-refractivity contribution in [3.05, 3.63) is 12.4 Å². The number of aryl methyl sites for hydroxylation is 1. The van der Waals surface area contributed by atoms with E-state index in [-0.39, 0.29) is 6.54 Å². The van der Waals surface area contributed by atoms with Crippen LogP contribution in [-0.4, -0.2) is 39.9 Å². The van der Waals surface area contributed by atoms with Gasteiger partial charge in [0.1, 0.15) is 0 Å². The van der Waals surface area contributed by atoms with Crippen molar-refractivity contribution in [2.75, 3.05) is 18.0 Å². The number of carbonyl (C=O) groups is 1. The Hall–Kier alpha value is -1.73. The Kier molecular flexibility index (Phi) is 3.19. The van der Waals surface area contributed by atoms with E-state index in [0.717, 1.165) is 0 Å². The van der Waals surface area contributed by atoms with E-state index in [0.29, 0.717) is 12.5 Å². The normalized spacial score (nSPS) is 23.9. The number of halogens is 3. The third-order valence-corrected chi connectivity index (χ3v) is 3.54. The molecule has 0 aliphatic carbocycles. The van der Waals surface area contributed by atoms with Gasteiger partial charge in [0.2, 0.25) is 5.95 Å². The molecular formula is C11H14F3N3O2. The molecule has 0 saturated carbocycles. The van der Waals surface area contributed by atoms with E-state index < -0.39 is 30.5 Å². The minimum Gasteiger partial charge on any atom is -0.481 e. The van der Waals surface area contributed by atoms with E-state index in [1.165, 1.54) is 11.1 Å². The fourth-order valence-corrected chi connectivity index (χ4v) is 2.34. The number of imidazole rings is 1. The summed E-state index contributed by atoms with van der Waals surface area (Å²) in [6, 6.07) is 0. The van der Waals surface area contributed by atoms with E-state index in [2.05, 4.69) is 4.98 Å². The molecule has 2 rings (SSSR count). The van der Waals surface area contributed by atoms with Crippen LogP contribution in [-0.2, 0) is 11.3 Å². The number of aliphatic carboxylic acids is 1. The summed E-state index contributed by atoms with van der Waals surface area (Å²) in [5.41, 5.74) is -2.70. The maximum absolute atomic E-state index is 13.0. The van der Waals surface area contributed by atoms with Crippen LogP contribution >= 0.6 is 0 Å². The highest BCUT2D eigenvalue weighted by Crippen LogP contribution is 2.46. The number of carboxylic acid groups (broad SMARTS) is 1. The first kappa shape index (κ1) is 13.7. The van der Waals surface area contributed by atoms with Crippen molar-refractivity contribution in [1.29, 1.82) is 0 Å². The number of rotatable bonds is 3. The molecule has 1 atom stereocenters. The summed E-state index contributed by atoms with van der Waals surface area (Å²) >= 11 is 0. The van der Waals surface area contributed by atoms with Crippen LogP contribution in [0.1, 0.15) is 13.3 Å². The highest BCUT2D eigenvalue weighted by atomic mass is 19.4. The number of anilines is 1. The topological polar surface area (TPSA) is 58.4 Å². The quantitative estimate of drug-likeness (QED) is 0.914. The Morgan fingerprint density at radius 1 is 1.58 bits per heavy atom. The second kappa shape index (κ2) is 4.43. The number of hydrogen-bond donors (Lipinski definition) is 1. The molecule has 0 spiro atoms. The standard InChI is InChI=1S/C11H14F3N3O2/c1-2-16-6-4-15-9(16)17-5-3-10(7-17,8(18)19)11(12,13)14/h4,6H,2-3,5,7H2,1H3,(H,18,19). The predicted molar refractivity (Wildman–Crippen MR) is 60.9 cm³/mol. The summed E-state index contributed by atoms with van der Waals surface area (Å²) in [6.07, 6.45) is -2.07. The van der Waals surface area contributed by atoms with Gasteiger partial charge in [-0.3, -0.25) is 4.79 Å². The minimum atomic E-state index is -4.77. The van der Waals surface area contributed by atoms with Crippen LogP contribution in [0.25, 0.3) is 0 Å². The van der Waals surface area contributed by atoms with Crippen molar-refractivity contribution >= 4 is 11.9 Å². The van der Waals surface area contributed by atoms with Crippen molar-refractivity contribution in [2.24, 2.45) is 5.41 Å². The van der Waals surface area contributed by atoms with Crippen molar-refractivity contribution in [3.63, 3.8) is 0 Å². The molecule has 1 fully saturated rings. The van der Waals surface area contributed by atoms with Crippen LogP contribution in [0.4, 0.5) is 19.1 Å². The third kappa shape index (κ3) is 2.04. The van der Waals surface area contributed by atoms with Gasteiger partial charge < -0.3 is 14.6 Å². The van der Waals surface area contributed by atoms with Crippen LogP contribution in [0, 0.1) is 5.41 Å². The summed E-state index contributed by atoms with van der Waals surface area (Å²) in [4.78, 5) is 16.5. The number of aromatic nitrogens is 2. The Balaban J connectivity index is 2.30. The highest BCUT2D eigenvalue weighted by molar-refractivity contribution is 5.77. The maximum Gasteiger partial charge on any atom is 0.406 e. The number of hydrogen-bond acceptors (Lipinski definition) is 3. The van der Waals surface area contributed by atoms with Crippen LogP contribution in [0.2, 0.25) is 0 Å².